The number of aryl methyl sites for hydroxylation is 1. The molecule has 0 atom stereocenters. The predicted octanol–water partition coefficient (Wildman–Crippen LogP) is 2.97. The fourth-order valence-electron chi connectivity index (χ4n) is 2.93. The molecule has 0 amide bonds. The number of H-pyrrole nitrogens is 1. The number of rotatable bonds is 10. The monoisotopic (exact) mass is 400 g/mol. The zero-order valence-corrected chi connectivity index (χ0v) is 15.5. The highest BCUT2D eigenvalue weighted by molar-refractivity contribution is 5.80. The number of nitro benzene ring substituents is 2. The van der Waals surface area contributed by atoms with E-state index in [1.165, 1.54) is 18.5 Å². The maximum absolute atomic E-state index is 11.1. The molecule has 0 radical (unpaired) electrons. The van der Waals surface area contributed by atoms with Gasteiger partial charge >= 0.3 is 0 Å². The van der Waals surface area contributed by atoms with Gasteiger partial charge in [-0.15, -0.1) is 0 Å². The van der Waals surface area contributed by atoms with Crippen molar-refractivity contribution in [2.45, 2.75) is 32.1 Å². The molecule has 29 heavy (non-hydrogen) atoms. The van der Waals surface area contributed by atoms with E-state index in [1.807, 2.05) is 0 Å². The second kappa shape index (κ2) is 8.91. The van der Waals surface area contributed by atoms with E-state index in [2.05, 4.69) is 25.3 Å². The predicted molar refractivity (Wildman–Crippen MR) is 107 cm³/mol. The van der Waals surface area contributed by atoms with Crippen LogP contribution in [0, 0.1) is 20.2 Å². The van der Waals surface area contributed by atoms with Gasteiger partial charge in [-0.3, -0.25) is 20.2 Å². The normalized spacial score (nSPS) is 10.9. The number of unbranched alkanes of at least 4 members (excludes halogenated alkanes) is 3. The summed E-state index contributed by atoms with van der Waals surface area (Å²) in [6, 6.07) is 3.57. The molecule has 12 nitrogen and oxygen atoms in total. The number of aromatic amines is 1. The number of hydrogen-bond donors (Lipinski definition) is 3. The molecule has 1 aromatic carbocycles. The number of imidazole rings is 1. The van der Waals surface area contributed by atoms with Crippen LogP contribution in [0.15, 0.2) is 24.5 Å². The fourth-order valence-corrected chi connectivity index (χ4v) is 2.93. The molecule has 3 aromatic rings. The first-order valence-corrected chi connectivity index (χ1v) is 9.08. The Balaban J connectivity index is 1.42. The van der Waals surface area contributed by atoms with Crippen LogP contribution in [0.1, 0.15) is 31.5 Å². The molecule has 0 bridgehead atoms. The van der Waals surface area contributed by atoms with E-state index in [1.54, 1.807) is 0 Å². The highest BCUT2D eigenvalue weighted by atomic mass is 16.6. The number of fused-ring (bicyclic) bond motifs is 1. The summed E-state index contributed by atoms with van der Waals surface area (Å²) in [4.78, 5) is 36.2. The maximum Gasteiger partial charge on any atom is 0.299 e. The standard InChI is InChI=1S/C17H20N8O4/c18-16-15-17(21-10-20-15)23-14(22-16)5-3-1-2-4-8-19-12-7-6-11(24(26)27)9-13(12)25(28)29/h6-7,9-10,19H,1-5,8H2,(H3,18,20,21,22,23). The second-order valence-corrected chi connectivity index (χ2v) is 6.43. The highest BCUT2D eigenvalue weighted by Gasteiger charge is 2.18. The lowest BCUT2D eigenvalue weighted by Gasteiger charge is -2.07. The molecule has 0 aliphatic carbocycles. The zero-order valence-electron chi connectivity index (χ0n) is 15.5. The summed E-state index contributed by atoms with van der Waals surface area (Å²) < 4.78 is 0. The number of anilines is 2. The van der Waals surface area contributed by atoms with Gasteiger partial charge in [0, 0.05) is 19.0 Å². The Kier molecular flexibility index (Phi) is 6.12. The summed E-state index contributed by atoms with van der Waals surface area (Å²) in [5, 5.41) is 24.8. The third-order valence-electron chi connectivity index (χ3n) is 4.39. The van der Waals surface area contributed by atoms with Gasteiger partial charge in [-0.25, -0.2) is 15.0 Å². The molecule has 4 N–H and O–H groups in total. The van der Waals surface area contributed by atoms with Gasteiger partial charge in [-0.05, 0) is 18.9 Å². The van der Waals surface area contributed by atoms with Crippen LogP contribution in [0.4, 0.5) is 22.9 Å². The Hall–Kier alpha value is -3.83. The number of nitrogen functional groups attached to an aromatic ring is 1. The molecule has 152 valence electrons. The summed E-state index contributed by atoms with van der Waals surface area (Å²) in [5.74, 6) is 1.04. The molecule has 0 spiro atoms. The number of nitrogens with one attached hydrogen (secondary N) is 2. The molecule has 2 aromatic heterocycles. The number of nitrogens with two attached hydrogens (primary N) is 1. The minimum absolute atomic E-state index is 0.275. The Bertz CT molecular complexity index is 1040. The van der Waals surface area contributed by atoms with Gasteiger partial charge in [-0.1, -0.05) is 12.8 Å². The molecule has 2 heterocycles. The third-order valence-corrected chi connectivity index (χ3v) is 4.39. The average molecular weight is 400 g/mol. The van der Waals surface area contributed by atoms with Gasteiger partial charge in [0.25, 0.3) is 11.4 Å². The van der Waals surface area contributed by atoms with Crippen LogP contribution in [0.5, 0.6) is 0 Å². The van der Waals surface area contributed by atoms with Gasteiger partial charge < -0.3 is 16.0 Å². The molecule has 12 heteroatoms. The van der Waals surface area contributed by atoms with Crippen molar-refractivity contribution in [2.75, 3.05) is 17.6 Å². The number of nitro groups is 2. The van der Waals surface area contributed by atoms with Crippen LogP contribution in [-0.4, -0.2) is 36.3 Å². The van der Waals surface area contributed by atoms with E-state index in [0.29, 0.717) is 35.8 Å². The Morgan fingerprint density at radius 3 is 2.62 bits per heavy atom. The van der Waals surface area contributed by atoms with Crippen molar-refractivity contribution in [3.05, 3.63) is 50.6 Å². The number of nitrogens with zero attached hydrogens (tertiary/aromatic N) is 5. The van der Waals surface area contributed by atoms with Crippen molar-refractivity contribution < 1.29 is 9.85 Å². The largest absolute Gasteiger partial charge is 0.382 e. The van der Waals surface area contributed by atoms with Crippen molar-refractivity contribution in [3.8, 4) is 0 Å². The van der Waals surface area contributed by atoms with Crippen LogP contribution in [0.2, 0.25) is 0 Å². The summed E-state index contributed by atoms with van der Waals surface area (Å²) in [7, 11) is 0. The van der Waals surface area contributed by atoms with Crippen LogP contribution in [-0.2, 0) is 6.42 Å². The third kappa shape index (κ3) is 4.91. The summed E-state index contributed by atoms with van der Waals surface area (Å²) >= 11 is 0. The molecule has 0 unspecified atom stereocenters. The molecular formula is C17H20N8O4. The number of benzene rings is 1. The van der Waals surface area contributed by atoms with E-state index >= 15 is 0 Å². The quantitative estimate of drug-likeness (QED) is 0.262. The molecule has 0 saturated carbocycles. The van der Waals surface area contributed by atoms with Crippen molar-refractivity contribution in [1.82, 2.24) is 19.9 Å². The smallest absolute Gasteiger partial charge is 0.299 e. The average Bonchev–Trinajstić information content (AvgIpc) is 3.16. The molecule has 3 rings (SSSR count). The summed E-state index contributed by atoms with van der Waals surface area (Å²) in [6.07, 6.45) is 5.75. The van der Waals surface area contributed by atoms with Gasteiger partial charge in [-0.2, -0.15) is 0 Å². The fraction of sp³-hybridized carbons (Fsp3) is 0.353. The first kappa shape index (κ1) is 19.9. The minimum atomic E-state index is -0.655. The molecule has 0 saturated heterocycles. The van der Waals surface area contributed by atoms with E-state index in [4.69, 9.17) is 5.73 Å². The zero-order chi connectivity index (χ0) is 20.8. The van der Waals surface area contributed by atoms with Crippen LogP contribution < -0.4 is 11.1 Å². The number of non-ortho nitro benzene ring substituents is 1. The lowest BCUT2D eigenvalue weighted by atomic mass is 10.1. The van der Waals surface area contributed by atoms with Crippen molar-refractivity contribution in [1.29, 1.82) is 0 Å². The minimum Gasteiger partial charge on any atom is -0.382 e. The first-order chi connectivity index (χ1) is 14.0. The van der Waals surface area contributed by atoms with E-state index in [-0.39, 0.29) is 17.1 Å². The SMILES string of the molecule is Nc1nc(CCCCCCNc2ccc([N+](=O)[O-])cc2[N+](=O)[O-])nc2nc[nH]c12. The van der Waals surface area contributed by atoms with Crippen LogP contribution >= 0.6 is 0 Å². The molecule has 0 fully saturated rings. The Labute approximate surface area is 164 Å². The summed E-state index contributed by atoms with van der Waals surface area (Å²) in [6.45, 7) is 0.529. The molecular weight excluding hydrogens is 380 g/mol. The summed E-state index contributed by atoms with van der Waals surface area (Å²) in [5.41, 5.74) is 6.73. The van der Waals surface area contributed by atoms with E-state index in [9.17, 15) is 20.2 Å². The maximum atomic E-state index is 11.1. The Morgan fingerprint density at radius 1 is 1.07 bits per heavy atom. The van der Waals surface area contributed by atoms with E-state index in [0.717, 1.165) is 31.7 Å². The Morgan fingerprint density at radius 2 is 1.86 bits per heavy atom. The van der Waals surface area contributed by atoms with Crippen LogP contribution in [0.3, 0.4) is 0 Å². The first-order valence-electron chi connectivity index (χ1n) is 9.08. The van der Waals surface area contributed by atoms with Gasteiger partial charge in [0.05, 0.1) is 22.2 Å². The molecule has 0 aliphatic rings. The van der Waals surface area contributed by atoms with Gasteiger partial charge in [0.15, 0.2) is 11.5 Å². The lowest BCUT2D eigenvalue weighted by molar-refractivity contribution is -0.393. The van der Waals surface area contributed by atoms with Crippen molar-refractivity contribution in [2.24, 2.45) is 0 Å². The van der Waals surface area contributed by atoms with Crippen LogP contribution in [0.25, 0.3) is 11.2 Å². The van der Waals surface area contributed by atoms with E-state index < -0.39 is 9.85 Å². The second-order valence-electron chi connectivity index (χ2n) is 6.43. The van der Waals surface area contributed by atoms with Gasteiger partial charge in [0.1, 0.15) is 17.0 Å². The van der Waals surface area contributed by atoms with Crippen molar-refractivity contribution in [3.63, 3.8) is 0 Å². The van der Waals surface area contributed by atoms with Crippen molar-refractivity contribution >= 4 is 34.0 Å². The number of aromatic nitrogens is 4. The van der Waals surface area contributed by atoms with Gasteiger partial charge in [0.2, 0.25) is 0 Å². The topological polar surface area (TPSA) is 179 Å². The molecule has 0 aliphatic heterocycles. The number of hydrogen-bond acceptors (Lipinski definition) is 9. The highest BCUT2D eigenvalue weighted by Crippen LogP contribution is 2.28. The lowest BCUT2D eigenvalue weighted by Crippen LogP contribution is -2.05.